The average molecular weight is 520 g/mol. The molecule has 1 unspecified atom stereocenters. The lowest BCUT2D eigenvalue weighted by Gasteiger charge is -2.29. The van der Waals surface area contributed by atoms with Gasteiger partial charge in [-0.25, -0.2) is 0 Å². The second-order valence-electron chi connectivity index (χ2n) is 8.45. The van der Waals surface area contributed by atoms with E-state index in [2.05, 4.69) is 0 Å². The highest BCUT2D eigenvalue weighted by Gasteiger charge is 2.32. The van der Waals surface area contributed by atoms with Crippen molar-refractivity contribution in [2.45, 2.75) is 57.3 Å². The highest BCUT2D eigenvalue weighted by Crippen LogP contribution is 2.31. The Bertz CT molecular complexity index is 1290. The van der Waals surface area contributed by atoms with E-state index in [1.54, 1.807) is 17.0 Å². The van der Waals surface area contributed by atoms with Crippen LogP contribution < -0.4 is 4.18 Å². The van der Waals surface area contributed by atoms with Gasteiger partial charge in [0, 0.05) is 18.2 Å². The Morgan fingerprint density at radius 1 is 0.944 bits per heavy atom. The maximum absolute atomic E-state index is 13.2. The lowest BCUT2D eigenvalue weighted by Crippen LogP contribution is -2.37. The van der Waals surface area contributed by atoms with Crippen molar-refractivity contribution in [1.29, 1.82) is 0 Å². The van der Waals surface area contributed by atoms with Gasteiger partial charge >= 0.3 is 16.3 Å². The number of alkyl halides is 3. The Labute approximate surface area is 209 Å². The van der Waals surface area contributed by atoms with E-state index in [9.17, 15) is 26.4 Å². The molecule has 3 rings (SSSR count). The molecule has 0 saturated heterocycles. The minimum atomic E-state index is -4.68. The van der Waals surface area contributed by atoms with Crippen LogP contribution in [-0.2, 0) is 29.3 Å². The van der Waals surface area contributed by atoms with E-state index in [1.807, 2.05) is 45.0 Å². The van der Waals surface area contributed by atoms with Gasteiger partial charge in [0.2, 0.25) is 0 Å². The van der Waals surface area contributed by atoms with Gasteiger partial charge in [0.05, 0.1) is 5.56 Å². The summed E-state index contributed by atoms with van der Waals surface area (Å²) in [4.78, 5) is 14.4. The number of carbonyl (C=O) groups excluding carboxylic acids is 1. The van der Waals surface area contributed by atoms with Crippen LogP contribution in [-0.4, -0.2) is 25.3 Å². The van der Waals surface area contributed by atoms with Crippen molar-refractivity contribution >= 4 is 16.0 Å². The van der Waals surface area contributed by atoms with E-state index in [1.165, 1.54) is 12.1 Å². The number of hydrogen-bond acceptors (Lipinski definition) is 4. The van der Waals surface area contributed by atoms with E-state index in [4.69, 9.17) is 4.18 Å². The minimum absolute atomic E-state index is 0.0411. The number of benzene rings is 3. The summed E-state index contributed by atoms with van der Waals surface area (Å²) in [6.07, 6.45) is -3.05. The number of hydrogen-bond donors (Lipinski definition) is 0. The van der Waals surface area contributed by atoms with E-state index < -0.39 is 26.8 Å². The molecule has 36 heavy (non-hydrogen) atoms. The Morgan fingerprint density at radius 2 is 1.56 bits per heavy atom. The van der Waals surface area contributed by atoms with Gasteiger partial charge in [-0.3, -0.25) is 4.79 Å². The van der Waals surface area contributed by atoms with Crippen LogP contribution in [0.4, 0.5) is 13.2 Å². The first-order valence-electron chi connectivity index (χ1n) is 11.5. The van der Waals surface area contributed by atoms with E-state index in [0.717, 1.165) is 42.2 Å². The summed E-state index contributed by atoms with van der Waals surface area (Å²) in [6, 6.07) is 16.9. The van der Waals surface area contributed by atoms with Gasteiger partial charge in [0.25, 0.3) is 5.91 Å². The molecule has 192 valence electrons. The molecule has 0 radical (unpaired) electrons. The summed E-state index contributed by atoms with van der Waals surface area (Å²) in [6.45, 7) is 6.28. The number of aryl methyl sites for hydroxylation is 1. The number of rotatable bonds is 9. The normalized spacial score (nSPS) is 12.7. The van der Waals surface area contributed by atoms with Crippen LogP contribution in [0.5, 0.6) is 5.75 Å². The third-order valence-electron chi connectivity index (χ3n) is 5.93. The Balaban J connectivity index is 1.76. The van der Waals surface area contributed by atoms with E-state index in [0.29, 0.717) is 18.2 Å². The number of carbonyl (C=O) groups is 1. The van der Waals surface area contributed by atoms with Gasteiger partial charge in [-0.1, -0.05) is 44.2 Å². The fourth-order valence-electron chi connectivity index (χ4n) is 3.55. The van der Waals surface area contributed by atoms with Crippen molar-refractivity contribution < 1.29 is 30.6 Å². The molecule has 1 atom stereocenters. The van der Waals surface area contributed by atoms with Gasteiger partial charge in [0.15, 0.2) is 0 Å². The fourth-order valence-corrected chi connectivity index (χ4v) is 4.52. The van der Waals surface area contributed by atoms with E-state index >= 15 is 0 Å². The molecule has 0 heterocycles. The SMILES string of the molecule is CCc1ccc(C(=O)N(Cc2ccc(OS(=O)(=O)c3cccc(C(F)(F)F)c3)cc2)C(C)CC)cc1. The lowest BCUT2D eigenvalue weighted by atomic mass is 10.1. The molecule has 0 N–H and O–H groups in total. The van der Waals surface area contributed by atoms with Crippen LogP contribution in [0.3, 0.4) is 0 Å². The molecular weight excluding hydrogens is 491 g/mol. The summed E-state index contributed by atoms with van der Waals surface area (Å²) in [5, 5.41) is 0. The van der Waals surface area contributed by atoms with Crippen LogP contribution in [0.2, 0.25) is 0 Å². The fraction of sp³-hybridized carbons (Fsp3) is 0.296. The molecular formula is C27H28F3NO4S. The van der Waals surface area contributed by atoms with Crippen LogP contribution in [0.1, 0.15) is 54.2 Å². The molecule has 3 aromatic carbocycles. The molecule has 1 amide bonds. The summed E-state index contributed by atoms with van der Waals surface area (Å²) in [7, 11) is -4.47. The zero-order chi connectivity index (χ0) is 26.5. The molecule has 0 aliphatic heterocycles. The van der Waals surface area contributed by atoms with Crippen LogP contribution in [0.25, 0.3) is 0 Å². The molecule has 0 saturated carbocycles. The number of nitrogens with zero attached hydrogens (tertiary/aromatic N) is 1. The summed E-state index contributed by atoms with van der Waals surface area (Å²) in [5.41, 5.74) is 1.39. The van der Waals surface area contributed by atoms with Crippen LogP contribution in [0, 0.1) is 0 Å². The molecule has 9 heteroatoms. The quantitative estimate of drug-likeness (QED) is 0.304. The van der Waals surface area contributed by atoms with Crippen molar-refractivity contribution in [3.8, 4) is 5.75 Å². The smallest absolute Gasteiger partial charge is 0.379 e. The van der Waals surface area contributed by atoms with Crippen LogP contribution >= 0.6 is 0 Å². The first-order valence-corrected chi connectivity index (χ1v) is 13.0. The van der Waals surface area contributed by atoms with Gasteiger partial charge < -0.3 is 9.08 Å². The Hall–Kier alpha value is -3.33. The molecule has 0 aromatic heterocycles. The predicted octanol–water partition coefficient (Wildman–Crippen LogP) is 6.48. The van der Waals surface area contributed by atoms with Crippen LogP contribution in [0.15, 0.2) is 77.7 Å². The molecule has 0 spiro atoms. The molecule has 0 aliphatic carbocycles. The first kappa shape index (κ1) is 27.3. The summed E-state index contributed by atoms with van der Waals surface area (Å²) >= 11 is 0. The molecule has 3 aromatic rings. The van der Waals surface area contributed by atoms with Crippen molar-refractivity contribution in [3.05, 3.63) is 95.1 Å². The molecule has 0 bridgehead atoms. The molecule has 0 fully saturated rings. The van der Waals surface area contributed by atoms with Crippen molar-refractivity contribution in [2.24, 2.45) is 0 Å². The average Bonchev–Trinajstić information content (AvgIpc) is 2.87. The monoisotopic (exact) mass is 519 g/mol. The van der Waals surface area contributed by atoms with Crippen molar-refractivity contribution in [2.75, 3.05) is 0 Å². The highest BCUT2D eigenvalue weighted by molar-refractivity contribution is 7.87. The van der Waals surface area contributed by atoms with Gasteiger partial charge in [-0.2, -0.15) is 21.6 Å². The van der Waals surface area contributed by atoms with Gasteiger partial charge in [-0.15, -0.1) is 0 Å². The topological polar surface area (TPSA) is 63.7 Å². The van der Waals surface area contributed by atoms with Gasteiger partial charge in [-0.05, 0) is 73.4 Å². The maximum Gasteiger partial charge on any atom is 0.416 e. The van der Waals surface area contributed by atoms with Crippen molar-refractivity contribution in [1.82, 2.24) is 4.90 Å². The Morgan fingerprint density at radius 3 is 2.11 bits per heavy atom. The maximum atomic E-state index is 13.2. The zero-order valence-electron chi connectivity index (χ0n) is 20.2. The molecule has 0 aliphatic rings. The zero-order valence-corrected chi connectivity index (χ0v) is 21.1. The lowest BCUT2D eigenvalue weighted by molar-refractivity contribution is -0.137. The van der Waals surface area contributed by atoms with E-state index in [-0.39, 0.29) is 17.7 Å². The highest BCUT2D eigenvalue weighted by atomic mass is 32.2. The second kappa shape index (κ2) is 11.2. The predicted molar refractivity (Wildman–Crippen MR) is 131 cm³/mol. The minimum Gasteiger partial charge on any atom is -0.379 e. The summed E-state index contributed by atoms with van der Waals surface area (Å²) in [5.74, 6) is -0.160. The molecule has 5 nitrogen and oxygen atoms in total. The first-order chi connectivity index (χ1) is 16.9. The standard InChI is InChI=1S/C27H28F3NO4S/c1-4-19(3)31(26(32)22-13-9-20(5-2)10-14-22)18-21-11-15-24(16-12-21)35-36(33,34)25-8-6-7-23(17-25)27(28,29)30/h6-17,19H,4-5,18H2,1-3H3. The number of amides is 1. The Kier molecular flexibility index (Phi) is 8.45. The third kappa shape index (κ3) is 6.66. The number of halogens is 3. The van der Waals surface area contributed by atoms with Gasteiger partial charge in [0.1, 0.15) is 10.6 Å². The van der Waals surface area contributed by atoms with Crippen molar-refractivity contribution in [3.63, 3.8) is 0 Å². The largest absolute Gasteiger partial charge is 0.416 e. The second-order valence-corrected chi connectivity index (χ2v) is 9.99. The summed E-state index contributed by atoms with van der Waals surface area (Å²) < 4.78 is 68.9. The third-order valence-corrected chi connectivity index (χ3v) is 7.17.